The first-order valence-corrected chi connectivity index (χ1v) is 13.5. The summed E-state index contributed by atoms with van der Waals surface area (Å²) in [6, 6.07) is 8.35. The van der Waals surface area contributed by atoms with Gasteiger partial charge in [0.1, 0.15) is 0 Å². The fourth-order valence-corrected chi connectivity index (χ4v) is 6.53. The van der Waals surface area contributed by atoms with Crippen LogP contribution in [0.4, 0.5) is 18.9 Å². The summed E-state index contributed by atoms with van der Waals surface area (Å²) in [6.45, 7) is 0. The summed E-state index contributed by atoms with van der Waals surface area (Å²) in [7, 11) is -5.74. The lowest BCUT2D eigenvalue weighted by atomic mass is 9.40. The number of alkyl halides is 3. The molecule has 0 heterocycles. The Bertz CT molecular complexity index is 1480. The van der Waals surface area contributed by atoms with Crippen LogP contribution in [-0.2, 0) is 26.2 Å². The van der Waals surface area contributed by atoms with Crippen LogP contribution < -0.4 is 10.0 Å². The molecule has 1 amide bonds. The van der Waals surface area contributed by atoms with Crippen LogP contribution in [0.2, 0.25) is 0 Å². The Morgan fingerprint density at radius 1 is 1.00 bits per heavy atom. The highest BCUT2D eigenvalue weighted by Crippen LogP contribution is 2.66. The number of amides is 1. The fraction of sp³-hybridized carbons (Fsp3) is 0.364. The minimum absolute atomic E-state index is 0.181. The molecule has 2 bridgehead atoms. The average molecular weight is 543 g/mol. The van der Waals surface area contributed by atoms with Gasteiger partial charge in [0.25, 0.3) is 15.9 Å². The van der Waals surface area contributed by atoms with Crippen LogP contribution in [-0.4, -0.2) is 46.7 Å². The van der Waals surface area contributed by atoms with Crippen LogP contribution in [0.15, 0.2) is 52.3 Å². The van der Waals surface area contributed by atoms with Crippen molar-refractivity contribution < 1.29 is 34.8 Å². The predicted octanol–water partition coefficient (Wildman–Crippen LogP) is 2.93. The molecule has 192 valence electrons. The molecule has 0 unspecified atom stereocenters. The molecule has 3 aliphatic rings. The number of nitrogens with one attached hydrogen (secondary N) is 2. The smallest absolute Gasteiger partial charge is 0.346 e. The van der Waals surface area contributed by atoms with Crippen molar-refractivity contribution in [1.82, 2.24) is 9.62 Å². The largest absolute Gasteiger partial charge is 0.416 e. The third-order valence-corrected chi connectivity index (χ3v) is 9.61. The van der Waals surface area contributed by atoms with Crippen molar-refractivity contribution in [3.63, 3.8) is 0 Å². The van der Waals surface area contributed by atoms with Crippen molar-refractivity contribution in [1.29, 1.82) is 5.26 Å². The van der Waals surface area contributed by atoms with E-state index in [9.17, 15) is 34.8 Å². The molecule has 5 rings (SSSR count). The van der Waals surface area contributed by atoms with Gasteiger partial charge in [-0.2, -0.15) is 18.4 Å². The summed E-state index contributed by atoms with van der Waals surface area (Å²) < 4.78 is 93.3. The number of halogens is 3. The summed E-state index contributed by atoms with van der Waals surface area (Å²) >= 11 is 0. The van der Waals surface area contributed by atoms with Crippen LogP contribution in [0.1, 0.15) is 35.2 Å². The number of sulfonamides is 2. The molecule has 0 spiro atoms. The Balaban J connectivity index is 1.64. The number of benzene rings is 2. The standard InChI is InChI=1S/C22H21F3N4O5S2/c1-29(2)36(33,34)16-6-4-15(5-7-16)35(31,32)28-18-9-14(22(23,24)25)3-8-17(18)19(30)27-21-10-20(11-21,12-21)13-26/h3-9,28H,10-12H2,1-2H3,(H,27,30). The van der Waals surface area contributed by atoms with E-state index in [0.717, 1.165) is 34.6 Å². The molecule has 2 N–H and O–H groups in total. The highest BCUT2D eigenvalue weighted by atomic mass is 32.2. The molecule has 0 aliphatic heterocycles. The van der Waals surface area contributed by atoms with E-state index in [2.05, 4.69) is 11.4 Å². The zero-order valence-corrected chi connectivity index (χ0v) is 20.7. The quantitative estimate of drug-likeness (QED) is 0.552. The van der Waals surface area contributed by atoms with Crippen molar-refractivity contribution in [2.24, 2.45) is 5.41 Å². The van der Waals surface area contributed by atoms with Crippen LogP contribution in [0.25, 0.3) is 0 Å². The number of nitrogens with zero attached hydrogens (tertiary/aromatic N) is 2. The molecular formula is C22H21F3N4O5S2. The lowest BCUT2D eigenvalue weighted by Crippen LogP contribution is -2.74. The van der Waals surface area contributed by atoms with E-state index < -0.39 is 59.2 Å². The van der Waals surface area contributed by atoms with Gasteiger partial charge in [-0.05, 0) is 61.7 Å². The zero-order valence-electron chi connectivity index (χ0n) is 19.0. The molecular weight excluding hydrogens is 521 g/mol. The molecule has 0 saturated heterocycles. The van der Waals surface area contributed by atoms with E-state index in [1.54, 1.807) is 0 Å². The second-order valence-corrected chi connectivity index (χ2v) is 13.1. The third-order valence-electron chi connectivity index (χ3n) is 6.39. The molecule has 14 heteroatoms. The number of anilines is 1. The monoisotopic (exact) mass is 542 g/mol. The minimum atomic E-state index is -4.80. The van der Waals surface area contributed by atoms with E-state index in [1.807, 2.05) is 4.72 Å². The molecule has 3 saturated carbocycles. The molecule has 3 aliphatic carbocycles. The van der Waals surface area contributed by atoms with Gasteiger partial charge in [-0.15, -0.1) is 0 Å². The van der Waals surface area contributed by atoms with Gasteiger partial charge < -0.3 is 5.32 Å². The highest BCUT2D eigenvalue weighted by molar-refractivity contribution is 7.92. The normalized spacial score (nSPS) is 23.2. The van der Waals surface area contributed by atoms with Crippen molar-refractivity contribution in [3.05, 3.63) is 53.6 Å². The topological polar surface area (TPSA) is 136 Å². The SMILES string of the molecule is CN(C)S(=O)(=O)c1ccc(S(=O)(=O)Nc2cc(C(F)(F)F)ccc2C(=O)NC23CC(C#N)(C2)C3)cc1. The Kier molecular flexibility index (Phi) is 5.90. The maximum atomic E-state index is 13.3. The van der Waals surface area contributed by atoms with E-state index in [1.165, 1.54) is 14.1 Å². The van der Waals surface area contributed by atoms with E-state index >= 15 is 0 Å². The molecule has 36 heavy (non-hydrogen) atoms. The summed E-state index contributed by atoms with van der Waals surface area (Å²) in [5, 5.41) is 11.9. The van der Waals surface area contributed by atoms with Gasteiger partial charge in [0.2, 0.25) is 10.0 Å². The van der Waals surface area contributed by atoms with Gasteiger partial charge in [-0.25, -0.2) is 21.1 Å². The van der Waals surface area contributed by atoms with Gasteiger partial charge in [0.15, 0.2) is 0 Å². The van der Waals surface area contributed by atoms with Crippen LogP contribution in [0.3, 0.4) is 0 Å². The molecule has 0 radical (unpaired) electrons. The first-order valence-electron chi connectivity index (χ1n) is 10.5. The minimum Gasteiger partial charge on any atom is -0.346 e. The van der Waals surface area contributed by atoms with E-state index in [0.29, 0.717) is 31.4 Å². The van der Waals surface area contributed by atoms with E-state index in [4.69, 9.17) is 5.26 Å². The zero-order chi connectivity index (χ0) is 26.7. The van der Waals surface area contributed by atoms with Gasteiger partial charge in [-0.1, -0.05) is 0 Å². The second kappa shape index (κ2) is 8.19. The van der Waals surface area contributed by atoms with Crippen LogP contribution in [0.5, 0.6) is 0 Å². The lowest BCUT2D eigenvalue weighted by Gasteiger charge is -2.66. The number of carbonyl (C=O) groups is 1. The van der Waals surface area contributed by atoms with Crippen LogP contribution >= 0.6 is 0 Å². The number of nitriles is 1. The van der Waals surface area contributed by atoms with Gasteiger partial charge in [-0.3, -0.25) is 9.52 Å². The first kappa shape index (κ1) is 25.9. The summed E-state index contributed by atoms with van der Waals surface area (Å²) in [5.74, 6) is -0.778. The molecule has 0 aromatic heterocycles. The Hall–Kier alpha value is -3.15. The van der Waals surface area contributed by atoms with Gasteiger partial charge in [0.05, 0.1) is 38.1 Å². The molecule has 9 nitrogen and oxygen atoms in total. The summed E-state index contributed by atoms with van der Waals surface area (Å²) in [6.07, 6.45) is -3.53. The number of rotatable bonds is 7. The Labute approximate surface area is 206 Å². The van der Waals surface area contributed by atoms with E-state index in [-0.39, 0.29) is 10.5 Å². The third kappa shape index (κ3) is 4.42. The Morgan fingerprint density at radius 3 is 2.06 bits per heavy atom. The molecule has 0 atom stereocenters. The second-order valence-electron chi connectivity index (χ2n) is 9.28. The van der Waals surface area contributed by atoms with Crippen molar-refractivity contribution in [2.45, 2.75) is 40.8 Å². The molecule has 2 aromatic rings. The first-order chi connectivity index (χ1) is 16.5. The summed E-state index contributed by atoms with van der Waals surface area (Å²) in [5.41, 5.74) is -3.19. The Morgan fingerprint density at radius 2 is 1.56 bits per heavy atom. The number of hydrogen-bond acceptors (Lipinski definition) is 6. The molecule has 2 aromatic carbocycles. The van der Waals surface area contributed by atoms with Gasteiger partial charge in [0, 0.05) is 19.6 Å². The van der Waals surface area contributed by atoms with Crippen molar-refractivity contribution >= 4 is 31.6 Å². The predicted molar refractivity (Wildman–Crippen MR) is 122 cm³/mol. The lowest BCUT2D eigenvalue weighted by molar-refractivity contribution is -0.137. The van der Waals surface area contributed by atoms with Gasteiger partial charge >= 0.3 is 6.18 Å². The van der Waals surface area contributed by atoms with Crippen molar-refractivity contribution in [2.75, 3.05) is 18.8 Å². The van der Waals surface area contributed by atoms with Crippen LogP contribution in [0, 0.1) is 16.7 Å². The summed E-state index contributed by atoms with van der Waals surface area (Å²) in [4.78, 5) is 12.3. The molecule has 3 fully saturated rings. The maximum absolute atomic E-state index is 13.3. The highest BCUT2D eigenvalue weighted by Gasteiger charge is 2.69. The van der Waals surface area contributed by atoms with Crippen molar-refractivity contribution in [3.8, 4) is 6.07 Å². The number of carbonyl (C=O) groups excluding carboxylic acids is 1. The average Bonchev–Trinajstić information content (AvgIpc) is 2.74. The number of hydrogen-bond donors (Lipinski definition) is 2. The fourth-order valence-electron chi connectivity index (χ4n) is 4.56. The maximum Gasteiger partial charge on any atom is 0.416 e.